The lowest BCUT2D eigenvalue weighted by molar-refractivity contribution is 0.648. The average molecular weight is 192 g/mol. The monoisotopic (exact) mass is 192 g/mol. The van der Waals surface area contributed by atoms with E-state index in [4.69, 9.17) is 0 Å². The first-order chi connectivity index (χ1) is 6.20. The molecule has 0 fully saturated rings. The minimum atomic E-state index is 0.695. The summed E-state index contributed by atoms with van der Waals surface area (Å²) < 4.78 is 0. The van der Waals surface area contributed by atoms with Crippen molar-refractivity contribution in [2.24, 2.45) is 5.92 Å². The molecule has 0 atom stereocenters. The first-order valence-corrected chi connectivity index (χ1v) is 5.51. The Balaban J connectivity index is 2.74. The Labute approximate surface area is 85.1 Å². The van der Waals surface area contributed by atoms with Crippen molar-refractivity contribution in [3.05, 3.63) is 46.8 Å². The Kier molecular flexibility index (Phi) is 4.10. The highest BCUT2D eigenvalue weighted by molar-refractivity contribution is 8.04. The maximum Gasteiger partial charge on any atom is -0.0210 e. The van der Waals surface area contributed by atoms with E-state index in [2.05, 4.69) is 37.3 Å². The Morgan fingerprint density at radius 2 is 2.15 bits per heavy atom. The molecule has 13 heavy (non-hydrogen) atoms. The zero-order chi connectivity index (χ0) is 9.68. The Morgan fingerprint density at radius 1 is 1.38 bits per heavy atom. The van der Waals surface area contributed by atoms with Gasteiger partial charge in [0.25, 0.3) is 0 Å². The van der Waals surface area contributed by atoms with Crippen LogP contribution in [-0.2, 0) is 0 Å². The highest BCUT2D eigenvalue weighted by Gasteiger charge is 2.03. The average Bonchev–Trinajstić information content (AvgIpc) is 2.04. The summed E-state index contributed by atoms with van der Waals surface area (Å²) in [7, 11) is 0. The molecule has 1 heteroatoms. The van der Waals surface area contributed by atoms with Crippen LogP contribution in [0, 0.1) is 5.92 Å². The van der Waals surface area contributed by atoms with Crippen LogP contribution in [-0.4, -0.2) is 0 Å². The molecule has 0 spiro atoms. The third-order valence-electron chi connectivity index (χ3n) is 1.82. The molecule has 0 aromatic heterocycles. The number of hydrogen-bond donors (Lipinski definition) is 0. The van der Waals surface area contributed by atoms with Crippen LogP contribution in [0.15, 0.2) is 46.8 Å². The van der Waals surface area contributed by atoms with Gasteiger partial charge in [-0.25, -0.2) is 0 Å². The van der Waals surface area contributed by atoms with Crippen LogP contribution in [0.2, 0.25) is 0 Å². The number of rotatable bonds is 2. The van der Waals surface area contributed by atoms with Crippen molar-refractivity contribution in [1.82, 2.24) is 0 Å². The van der Waals surface area contributed by atoms with E-state index in [1.54, 1.807) is 11.8 Å². The fourth-order valence-electron chi connectivity index (χ4n) is 1.19. The summed E-state index contributed by atoms with van der Waals surface area (Å²) in [6, 6.07) is 0. The molecule has 0 aromatic carbocycles. The molecule has 0 bridgehead atoms. The van der Waals surface area contributed by atoms with Gasteiger partial charge in [0.1, 0.15) is 0 Å². The van der Waals surface area contributed by atoms with Crippen LogP contribution in [0.3, 0.4) is 0 Å². The van der Waals surface area contributed by atoms with Crippen molar-refractivity contribution in [3.8, 4) is 0 Å². The SMILES string of the molecule is C=C1/C=C\C=C/S/C=C\1CC(C)C. The van der Waals surface area contributed by atoms with E-state index in [-0.39, 0.29) is 0 Å². The zero-order valence-electron chi connectivity index (χ0n) is 8.29. The van der Waals surface area contributed by atoms with Crippen molar-refractivity contribution in [1.29, 1.82) is 0 Å². The molecule has 1 aliphatic rings. The lowest BCUT2D eigenvalue weighted by Gasteiger charge is -2.10. The van der Waals surface area contributed by atoms with E-state index >= 15 is 0 Å². The Morgan fingerprint density at radius 3 is 2.85 bits per heavy atom. The maximum atomic E-state index is 4.05. The van der Waals surface area contributed by atoms with Gasteiger partial charge in [-0.3, -0.25) is 0 Å². The second-order valence-corrected chi connectivity index (χ2v) is 4.37. The number of allylic oxidation sites excluding steroid dienone is 5. The topological polar surface area (TPSA) is 0 Å². The van der Waals surface area contributed by atoms with Crippen molar-refractivity contribution < 1.29 is 0 Å². The predicted molar refractivity (Wildman–Crippen MR) is 62.5 cm³/mol. The number of hydrogen-bond acceptors (Lipinski definition) is 1. The molecular formula is C12H16S. The summed E-state index contributed by atoms with van der Waals surface area (Å²) in [5.74, 6) is 0.695. The highest BCUT2D eigenvalue weighted by Crippen LogP contribution is 2.24. The van der Waals surface area contributed by atoms with Crippen LogP contribution in [0.1, 0.15) is 20.3 Å². The van der Waals surface area contributed by atoms with Gasteiger partial charge in [-0.15, -0.1) is 11.8 Å². The fraction of sp³-hybridized carbons (Fsp3) is 0.333. The van der Waals surface area contributed by atoms with Gasteiger partial charge in [-0.05, 0) is 34.3 Å². The second kappa shape index (κ2) is 5.13. The van der Waals surface area contributed by atoms with Crippen molar-refractivity contribution in [2.45, 2.75) is 20.3 Å². The van der Waals surface area contributed by atoms with E-state index in [1.807, 2.05) is 12.2 Å². The van der Waals surface area contributed by atoms with Crippen molar-refractivity contribution in [3.63, 3.8) is 0 Å². The van der Waals surface area contributed by atoms with Gasteiger partial charge in [0.2, 0.25) is 0 Å². The Bertz CT molecular complexity index is 267. The first-order valence-electron chi connectivity index (χ1n) is 4.57. The van der Waals surface area contributed by atoms with Gasteiger partial charge in [0.05, 0.1) is 0 Å². The van der Waals surface area contributed by atoms with E-state index < -0.39 is 0 Å². The van der Waals surface area contributed by atoms with Gasteiger partial charge < -0.3 is 0 Å². The maximum absolute atomic E-state index is 4.05. The summed E-state index contributed by atoms with van der Waals surface area (Å²) in [5.41, 5.74) is 2.51. The Hall–Kier alpha value is -0.690. The molecule has 1 aliphatic heterocycles. The minimum Gasteiger partial charge on any atom is -0.106 e. The summed E-state index contributed by atoms with van der Waals surface area (Å²) in [5, 5.41) is 4.28. The van der Waals surface area contributed by atoms with Crippen LogP contribution in [0.5, 0.6) is 0 Å². The van der Waals surface area contributed by atoms with E-state index in [9.17, 15) is 0 Å². The molecule has 0 amide bonds. The van der Waals surface area contributed by atoms with E-state index in [0.29, 0.717) is 5.92 Å². The van der Waals surface area contributed by atoms with E-state index in [0.717, 1.165) is 12.0 Å². The minimum absolute atomic E-state index is 0.695. The fourth-order valence-corrected chi connectivity index (χ4v) is 1.86. The second-order valence-electron chi connectivity index (χ2n) is 3.59. The third kappa shape index (κ3) is 3.69. The molecule has 0 aromatic rings. The molecule has 0 N–H and O–H groups in total. The van der Waals surface area contributed by atoms with Gasteiger partial charge in [0, 0.05) is 0 Å². The van der Waals surface area contributed by atoms with Gasteiger partial charge in [-0.2, -0.15) is 0 Å². The van der Waals surface area contributed by atoms with Gasteiger partial charge in [-0.1, -0.05) is 38.7 Å². The molecule has 0 saturated carbocycles. The normalized spacial score (nSPS) is 26.1. The van der Waals surface area contributed by atoms with Gasteiger partial charge >= 0.3 is 0 Å². The lowest BCUT2D eigenvalue weighted by atomic mass is 9.98. The largest absolute Gasteiger partial charge is 0.106 e. The molecular weight excluding hydrogens is 176 g/mol. The standard InChI is InChI=1S/C12H16S/c1-10(2)8-12-9-13-7-5-4-6-11(12)3/h4-7,9-10H,3,8H2,1-2H3/b6-4-,7-5-,12-9-. The highest BCUT2D eigenvalue weighted by atomic mass is 32.2. The molecule has 70 valence electrons. The van der Waals surface area contributed by atoms with Crippen molar-refractivity contribution in [2.75, 3.05) is 0 Å². The number of thioether (sulfide) groups is 1. The van der Waals surface area contributed by atoms with Crippen LogP contribution < -0.4 is 0 Å². The predicted octanol–water partition coefficient (Wildman–Crippen LogP) is 4.29. The summed E-state index contributed by atoms with van der Waals surface area (Å²) >= 11 is 1.73. The lowest BCUT2D eigenvalue weighted by Crippen LogP contribution is -1.93. The van der Waals surface area contributed by atoms with Gasteiger partial charge in [0.15, 0.2) is 0 Å². The molecule has 0 aliphatic carbocycles. The summed E-state index contributed by atoms with van der Waals surface area (Å²) in [4.78, 5) is 0. The van der Waals surface area contributed by atoms with E-state index in [1.165, 1.54) is 5.57 Å². The third-order valence-corrected chi connectivity index (χ3v) is 2.55. The molecule has 1 heterocycles. The molecule has 1 rings (SSSR count). The van der Waals surface area contributed by atoms with Crippen LogP contribution in [0.25, 0.3) is 0 Å². The molecule has 0 nitrogen and oxygen atoms in total. The quantitative estimate of drug-likeness (QED) is 0.629. The van der Waals surface area contributed by atoms with Crippen molar-refractivity contribution >= 4 is 11.8 Å². The molecule has 0 saturated heterocycles. The molecule has 0 unspecified atom stereocenters. The smallest absolute Gasteiger partial charge is 0.0210 e. The zero-order valence-corrected chi connectivity index (χ0v) is 9.10. The van der Waals surface area contributed by atoms with Crippen LogP contribution in [0.4, 0.5) is 0 Å². The van der Waals surface area contributed by atoms with Crippen LogP contribution >= 0.6 is 11.8 Å². The molecule has 0 radical (unpaired) electrons. The summed E-state index contributed by atoms with van der Waals surface area (Å²) in [6.45, 7) is 8.51. The summed E-state index contributed by atoms with van der Waals surface area (Å²) in [6.07, 6.45) is 7.27. The first kappa shape index (κ1) is 10.4.